The van der Waals surface area contributed by atoms with Crippen LogP contribution in [0.2, 0.25) is 0 Å². The molecule has 1 N–H and O–H groups in total. The van der Waals surface area contributed by atoms with E-state index >= 15 is 0 Å². The Morgan fingerprint density at radius 1 is 0.741 bits per heavy atom. The van der Waals surface area contributed by atoms with Crippen LogP contribution in [0, 0.1) is 0 Å². The molecule has 27 heavy (non-hydrogen) atoms. The van der Waals surface area contributed by atoms with E-state index in [0.717, 1.165) is 32.5 Å². The number of aliphatic hydroxyl groups excluding tert-OH is 1. The first-order valence-corrected chi connectivity index (χ1v) is 12.2. The van der Waals surface area contributed by atoms with E-state index in [1.807, 2.05) is 0 Å². The molecule has 1 aliphatic heterocycles. The largest absolute Gasteiger partial charge is 0.393 e. The minimum absolute atomic E-state index is 0.0892. The third-order valence-corrected chi connectivity index (χ3v) is 5.98. The van der Waals surface area contributed by atoms with Gasteiger partial charge in [0.15, 0.2) is 0 Å². The smallest absolute Gasteiger partial charge is 0.114 e. The highest BCUT2D eigenvalue weighted by molar-refractivity contribution is 4.84. The molecule has 0 saturated carbocycles. The van der Waals surface area contributed by atoms with Gasteiger partial charge in [-0.3, -0.25) is 0 Å². The van der Waals surface area contributed by atoms with E-state index in [0.29, 0.717) is 6.61 Å². The van der Waals surface area contributed by atoms with Gasteiger partial charge in [-0.25, -0.2) is 0 Å². The maximum atomic E-state index is 9.46. The van der Waals surface area contributed by atoms with Crippen molar-refractivity contribution in [2.24, 2.45) is 0 Å². The predicted molar refractivity (Wildman–Crippen MR) is 115 cm³/mol. The van der Waals surface area contributed by atoms with Crippen LogP contribution in [0.5, 0.6) is 0 Å². The first-order valence-electron chi connectivity index (χ1n) is 12.2. The lowest BCUT2D eigenvalue weighted by atomic mass is 10.0. The molecular formula is C24H48O3. The summed E-state index contributed by atoms with van der Waals surface area (Å²) in [7, 11) is 0. The number of hydrogen-bond donors (Lipinski definition) is 1. The highest BCUT2D eigenvalue weighted by Gasteiger charge is 2.34. The van der Waals surface area contributed by atoms with Gasteiger partial charge in [0.2, 0.25) is 0 Å². The molecule has 1 heterocycles. The first-order chi connectivity index (χ1) is 13.3. The molecule has 0 unspecified atom stereocenters. The summed E-state index contributed by atoms with van der Waals surface area (Å²) in [6.07, 6.45) is 24.3. The fourth-order valence-corrected chi connectivity index (χ4v) is 4.05. The molecule has 162 valence electrons. The zero-order chi connectivity index (χ0) is 19.5. The van der Waals surface area contributed by atoms with Gasteiger partial charge in [0, 0.05) is 13.2 Å². The van der Waals surface area contributed by atoms with E-state index in [1.54, 1.807) is 0 Å². The van der Waals surface area contributed by atoms with Gasteiger partial charge in [0.05, 0.1) is 13.2 Å². The quantitative estimate of drug-likeness (QED) is 0.234. The van der Waals surface area contributed by atoms with Gasteiger partial charge in [0.1, 0.15) is 5.60 Å². The van der Waals surface area contributed by atoms with Crippen molar-refractivity contribution in [3.63, 3.8) is 0 Å². The average molecular weight is 385 g/mol. The number of rotatable bonds is 20. The summed E-state index contributed by atoms with van der Waals surface area (Å²) in [5.74, 6) is 0. The summed E-state index contributed by atoms with van der Waals surface area (Å²) in [6, 6.07) is 0. The Morgan fingerprint density at radius 2 is 1.22 bits per heavy atom. The van der Waals surface area contributed by atoms with Gasteiger partial charge < -0.3 is 14.6 Å². The Morgan fingerprint density at radius 3 is 1.63 bits per heavy atom. The molecule has 0 aromatic carbocycles. The molecular weight excluding hydrogens is 336 g/mol. The molecule has 3 nitrogen and oxygen atoms in total. The maximum absolute atomic E-state index is 9.46. The molecule has 0 spiro atoms. The Kier molecular flexibility index (Phi) is 16.6. The molecule has 0 aromatic rings. The number of aliphatic hydroxyl groups is 1. The topological polar surface area (TPSA) is 38.7 Å². The molecule has 0 radical (unpaired) electrons. The molecule has 1 aliphatic rings. The van der Waals surface area contributed by atoms with Crippen LogP contribution < -0.4 is 0 Å². The van der Waals surface area contributed by atoms with Gasteiger partial charge in [-0.2, -0.15) is 0 Å². The number of unbranched alkanes of at least 4 members (excludes halogenated alkanes) is 15. The Hall–Kier alpha value is -0.120. The van der Waals surface area contributed by atoms with Gasteiger partial charge >= 0.3 is 0 Å². The molecule has 1 rings (SSSR count). The van der Waals surface area contributed by atoms with E-state index in [4.69, 9.17) is 9.47 Å². The Balaban J connectivity index is 1.71. The Bertz CT molecular complexity index is 300. The van der Waals surface area contributed by atoms with E-state index in [9.17, 15) is 5.11 Å². The van der Waals surface area contributed by atoms with Crippen LogP contribution >= 0.6 is 0 Å². The summed E-state index contributed by atoms with van der Waals surface area (Å²) in [6.45, 7) is 4.51. The van der Waals surface area contributed by atoms with Gasteiger partial charge in [-0.05, 0) is 19.3 Å². The van der Waals surface area contributed by atoms with Crippen LogP contribution in [0.1, 0.15) is 122 Å². The first kappa shape index (κ1) is 24.9. The van der Waals surface area contributed by atoms with Crippen LogP contribution in [-0.2, 0) is 9.47 Å². The zero-order valence-corrected chi connectivity index (χ0v) is 18.3. The lowest BCUT2D eigenvalue weighted by Gasteiger charge is -2.25. The summed E-state index contributed by atoms with van der Waals surface area (Å²) in [5, 5.41) is 9.46. The second-order valence-corrected chi connectivity index (χ2v) is 8.65. The van der Waals surface area contributed by atoms with Crippen LogP contribution in [0.3, 0.4) is 0 Å². The minimum Gasteiger partial charge on any atom is -0.393 e. The second-order valence-electron chi connectivity index (χ2n) is 8.65. The summed E-state index contributed by atoms with van der Waals surface area (Å²) < 4.78 is 11.4. The predicted octanol–water partition coefficient (Wildman–Crippen LogP) is 6.81. The highest BCUT2D eigenvalue weighted by atomic mass is 16.6. The summed E-state index contributed by atoms with van der Waals surface area (Å²) >= 11 is 0. The molecule has 1 atom stereocenters. The summed E-state index contributed by atoms with van der Waals surface area (Å²) in [4.78, 5) is 0. The molecule has 0 bridgehead atoms. The van der Waals surface area contributed by atoms with Crippen molar-refractivity contribution < 1.29 is 14.6 Å². The second kappa shape index (κ2) is 17.9. The minimum atomic E-state index is -0.394. The third kappa shape index (κ3) is 13.7. The fourth-order valence-electron chi connectivity index (χ4n) is 4.05. The van der Waals surface area contributed by atoms with Crippen molar-refractivity contribution in [2.75, 3.05) is 26.4 Å². The van der Waals surface area contributed by atoms with Crippen molar-refractivity contribution >= 4 is 0 Å². The molecule has 0 aromatic heterocycles. The third-order valence-electron chi connectivity index (χ3n) is 5.98. The van der Waals surface area contributed by atoms with E-state index in [2.05, 4.69) is 6.92 Å². The normalized spacial score (nSPS) is 19.8. The van der Waals surface area contributed by atoms with E-state index < -0.39 is 5.60 Å². The Labute approximate surface area is 169 Å². The van der Waals surface area contributed by atoms with Crippen molar-refractivity contribution in [2.45, 2.75) is 128 Å². The SMILES string of the molecule is CCCCCCCCCCCCCCCCCCOC[C@]1(CO)CCCO1. The highest BCUT2D eigenvalue weighted by Crippen LogP contribution is 2.25. The van der Waals surface area contributed by atoms with E-state index in [1.165, 1.54) is 96.3 Å². The lowest BCUT2D eigenvalue weighted by molar-refractivity contribution is -0.0915. The number of ether oxygens (including phenoxy) is 2. The van der Waals surface area contributed by atoms with Crippen LogP contribution in [-0.4, -0.2) is 37.1 Å². The molecule has 1 fully saturated rings. The molecule has 0 amide bonds. The monoisotopic (exact) mass is 384 g/mol. The van der Waals surface area contributed by atoms with Crippen LogP contribution in [0.25, 0.3) is 0 Å². The van der Waals surface area contributed by atoms with Gasteiger partial charge in [0.25, 0.3) is 0 Å². The zero-order valence-electron chi connectivity index (χ0n) is 18.3. The standard InChI is InChI=1S/C24H48O3/c1-2-3-4-5-6-7-8-9-10-11-12-13-14-15-16-17-20-26-23-24(22-25)19-18-21-27-24/h25H,2-23H2,1H3/t24-/m1/s1. The van der Waals surface area contributed by atoms with E-state index in [-0.39, 0.29) is 6.61 Å². The fraction of sp³-hybridized carbons (Fsp3) is 1.00. The molecule has 1 saturated heterocycles. The average Bonchev–Trinajstić information content (AvgIpc) is 3.16. The van der Waals surface area contributed by atoms with Gasteiger partial charge in [-0.1, -0.05) is 103 Å². The maximum Gasteiger partial charge on any atom is 0.114 e. The summed E-state index contributed by atoms with van der Waals surface area (Å²) in [5.41, 5.74) is -0.394. The lowest BCUT2D eigenvalue weighted by Crippen LogP contribution is -2.38. The van der Waals surface area contributed by atoms with Crippen LogP contribution in [0.4, 0.5) is 0 Å². The van der Waals surface area contributed by atoms with Crippen molar-refractivity contribution in [3.8, 4) is 0 Å². The molecule has 3 heteroatoms. The van der Waals surface area contributed by atoms with Crippen molar-refractivity contribution in [1.82, 2.24) is 0 Å². The number of hydrogen-bond acceptors (Lipinski definition) is 3. The van der Waals surface area contributed by atoms with Gasteiger partial charge in [-0.15, -0.1) is 0 Å². The molecule has 0 aliphatic carbocycles. The van der Waals surface area contributed by atoms with Crippen molar-refractivity contribution in [3.05, 3.63) is 0 Å². The van der Waals surface area contributed by atoms with Crippen molar-refractivity contribution in [1.29, 1.82) is 0 Å². The van der Waals surface area contributed by atoms with Crippen LogP contribution in [0.15, 0.2) is 0 Å².